The zero-order chi connectivity index (χ0) is 20.3. The molecule has 0 aromatic heterocycles. The molecule has 0 radical (unpaired) electrons. The fourth-order valence-corrected chi connectivity index (χ4v) is 2.76. The van der Waals surface area contributed by atoms with E-state index in [9.17, 15) is 4.79 Å². The molecule has 0 amide bonds. The van der Waals surface area contributed by atoms with E-state index in [2.05, 4.69) is 0 Å². The predicted octanol–water partition coefficient (Wildman–Crippen LogP) is 5.72. The van der Waals surface area contributed by atoms with Gasteiger partial charge in [-0.3, -0.25) is 4.79 Å². The lowest BCUT2D eigenvalue weighted by Crippen LogP contribution is -1.99. The van der Waals surface area contributed by atoms with E-state index in [1.165, 1.54) is 0 Å². The van der Waals surface area contributed by atoms with Gasteiger partial charge in [0.25, 0.3) is 0 Å². The lowest BCUT2D eigenvalue weighted by atomic mass is 10.1. The molecule has 3 aromatic carbocycles. The molecule has 0 aliphatic carbocycles. The third-order valence-corrected chi connectivity index (χ3v) is 4.29. The molecule has 1 N–H and O–H groups in total. The van der Waals surface area contributed by atoms with Crippen molar-refractivity contribution in [1.29, 1.82) is 0 Å². The topological polar surface area (TPSA) is 55.8 Å². The molecule has 0 aliphatic heterocycles. The van der Waals surface area contributed by atoms with Crippen molar-refractivity contribution in [2.75, 3.05) is 0 Å². The fourth-order valence-electron chi connectivity index (χ4n) is 2.76. The van der Waals surface area contributed by atoms with Crippen molar-refractivity contribution in [3.8, 4) is 11.5 Å². The average molecular weight is 388 g/mol. The number of allylic oxidation sites excluding steroid dienone is 1. The van der Waals surface area contributed by atoms with Crippen LogP contribution in [-0.4, -0.2) is 11.1 Å². The molecule has 0 aliphatic rings. The number of hydrogen-bond acceptors (Lipinski definition) is 3. The number of benzene rings is 3. The molecular weight excluding hydrogens is 364 g/mol. The van der Waals surface area contributed by atoms with Crippen molar-refractivity contribution >= 4 is 12.0 Å². The Labute approximate surface area is 171 Å². The Kier molecular flexibility index (Phi) is 7.47. The molecule has 0 heterocycles. The molecule has 0 saturated heterocycles. The molecule has 3 aromatic rings. The first-order valence-electron chi connectivity index (χ1n) is 9.56. The predicted molar refractivity (Wildman–Crippen MR) is 114 cm³/mol. The zero-order valence-corrected chi connectivity index (χ0v) is 16.2. The molecular formula is C25H24O4. The molecule has 0 bridgehead atoms. The summed E-state index contributed by atoms with van der Waals surface area (Å²) in [5, 5.41) is 8.79. The van der Waals surface area contributed by atoms with Crippen LogP contribution in [0.25, 0.3) is 6.08 Å². The molecule has 4 nitrogen and oxygen atoms in total. The van der Waals surface area contributed by atoms with E-state index in [0.717, 1.165) is 22.4 Å². The van der Waals surface area contributed by atoms with Crippen LogP contribution in [0.4, 0.5) is 0 Å². The van der Waals surface area contributed by atoms with E-state index in [1.807, 2.05) is 91.0 Å². The van der Waals surface area contributed by atoms with Crippen LogP contribution >= 0.6 is 0 Å². The molecule has 148 valence electrons. The summed E-state index contributed by atoms with van der Waals surface area (Å²) in [6, 6.07) is 25.6. The van der Waals surface area contributed by atoms with Gasteiger partial charge in [-0.25, -0.2) is 0 Å². The van der Waals surface area contributed by atoms with Gasteiger partial charge in [-0.15, -0.1) is 0 Å². The molecule has 0 unspecified atom stereocenters. The van der Waals surface area contributed by atoms with Crippen LogP contribution in [0.15, 0.2) is 84.9 Å². The number of rotatable bonds is 10. The van der Waals surface area contributed by atoms with Crippen LogP contribution in [0.1, 0.15) is 29.5 Å². The standard InChI is InChI=1S/C25H24O4/c26-25(27)14-8-7-13-22-15-16-23(28-18-20-9-3-1-4-10-20)17-24(22)29-19-21-11-5-2-6-12-21/h1-7,9-13,15-17H,8,14,18-19H2,(H,26,27)/b13-7+. The highest BCUT2D eigenvalue weighted by Crippen LogP contribution is 2.28. The van der Waals surface area contributed by atoms with Gasteiger partial charge < -0.3 is 14.6 Å². The van der Waals surface area contributed by atoms with Gasteiger partial charge in [0.2, 0.25) is 0 Å². The van der Waals surface area contributed by atoms with E-state index >= 15 is 0 Å². The van der Waals surface area contributed by atoms with Gasteiger partial charge in [0.1, 0.15) is 24.7 Å². The summed E-state index contributed by atoms with van der Waals surface area (Å²) in [4.78, 5) is 10.7. The number of carboxylic acid groups (broad SMARTS) is 1. The van der Waals surface area contributed by atoms with Gasteiger partial charge in [-0.1, -0.05) is 72.8 Å². The largest absolute Gasteiger partial charge is 0.489 e. The van der Waals surface area contributed by atoms with E-state index < -0.39 is 5.97 Å². The maximum Gasteiger partial charge on any atom is 0.303 e. The second-order valence-electron chi connectivity index (χ2n) is 6.58. The van der Waals surface area contributed by atoms with Crippen LogP contribution in [0.5, 0.6) is 11.5 Å². The third-order valence-electron chi connectivity index (χ3n) is 4.29. The molecule has 0 atom stereocenters. The molecule has 0 fully saturated rings. The van der Waals surface area contributed by atoms with Crippen LogP contribution in [0.3, 0.4) is 0 Å². The minimum absolute atomic E-state index is 0.106. The smallest absolute Gasteiger partial charge is 0.303 e. The zero-order valence-electron chi connectivity index (χ0n) is 16.2. The van der Waals surface area contributed by atoms with Crippen LogP contribution < -0.4 is 9.47 Å². The first kappa shape index (κ1) is 20.2. The molecule has 0 saturated carbocycles. The number of carbonyl (C=O) groups is 1. The molecule has 3 rings (SSSR count). The van der Waals surface area contributed by atoms with E-state index in [-0.39, 0.29) is 6.42 Å². The summed E-state index contributed by atoms with van der Waals surface area (Å²) in [6.07, 6.45) is 4.32. The average Bonchev–Trinajstić information content (AvgIpc) is 2.76. The minimum Gasteiger partial charge on any atom is -0.489 e. The monoisotopic (exact) mass is 388 g/mol. The highest BCUT2D eigenvalue weighted by molar-refractivity contribution is 5.67. The van der Waals surface area contributed by atoms with Gasteiger partial charge in [-0.05, 0) is 29.7 Å². The second kappa shape index (κ2) is 10.7. The summed E-state index contributed by atoms with van der Waals surface area (Å²) in [7, 11) is 0. The van der Waals surface area contributed by atoms with Crippen molar-refractivity contribution in [1.82, 2.24) is 0 Å². The lowest BCUT2D eigenvalue weighted by Gasteiger charge is -2.13. The Morgan fingerprint density at radius 3 is 2.07 bits per heavy atom. The molecule has 0 spiro atoms. The Bertz CT molecular complexity index is 934. The normalized spacial score (nSPS) is 10.8. The van der Waals surface area contributed by atoms with Crippen molar-refractivity contribution in [2.45, 2.75) is 26.1 Å². The second-order valence-corrected chi connectivity index (χ2v) is 6.58. The van der Waals surface area contributed by atoms with Crippen molar-refractivity contribution < 1.29 is 19.4 Å². The Hall–Kier alpha value is -3.53. The summed E-state index contributed by atoms with van der Waals surface area (Å²) < 4.78 is 12.0. The Balaban J connectivity index is 1.72. The third kappa shape index (κ3) is 6.85. The summed E-state index contributed by atoms with van der Waals surface area (Å²) in [6.45, 7) is 0.922. The number of hydrogen-bond donors (Lipinski definition) is 1. The first-order chi connectivity index (χ1) is 14.2. The number of aliphatic carboxylic acids is 1. The van der Waals surface area contributed by atoms with Crippen molar-refractivity contribution in [3.63, 3.8) is 0 Å². The lowest BCUT2D eigenvalue weighted by molar-refractivity contribution is -0.136. The molecule has 4 heteroatoms. The number of carboxylic acids is 1. The summed E-state index contributed by atoms with van der Waals surface area (Å²) >= 11 is 0. The van der Waals surface area contributed by atoms with Crippen LogP contribution in [0.2, 0.25) is 0 Å². The SMILES string of the molecule is O=C(O)CC/C=C/c1ccc(OCc2ccccc2)cc1OCc1ccccc1. The summed E-state index contributed by atoms with van der Waals surface area (Å²) in [5.74, 6) is 0.616. The van der Waals surface area contributed by atoms with Gasteiger partial charge >= 0.3 is 5.97 Å². The Morgan fingerprint density at radius 2 is 1.45 bits per heavy atom. The fraction of sp³-hybridized carbons (Fsp3) is 0.160. The van der Waals surface area contributed by atoms with Crippen molar-refractivity contribution in [2.24, 2.45) is 0 Å². The van der Waals surface area contributed by atoms with Gasteiger partial charge in [0.15, 0.2) is 0 Å². The van der Waals surface area contributed by atoms with Gasteiger partial charge in [0, 0.05) is 18.1 Å². The highest BCUT2D eigenvalue weighted by Gasteiger charge is 2.06. The van der Waals surface area contributed by atoms with Crippen LogP contribution in [-0.2, 0) is 18.0 Å². The van der Waals surface area contributed by atoms with Gasteiger partial charge in [0.05, 0.1) is 0 Å². The highest BCUT2D eigenvalue weighted by atomic mass is 16.5. The minimum atomic E-state index is -0.806. The van der Waals surface area contributed by atoms with Crippen LogP contribution in [0, 0.1) is 0 Å². The van der Waals surface area contributed by atoms with E-state index in [0.29, 0.717) is 25.4 Å². The molecule has 29 heavy (non-hydrogen) atoms. The maximum absolute atomic E-state index is 10.7. The maximum atomic E-state index is 10.7. The summed E-state index contributed by atoms with van der Waals surface area (Å²) in [5.41, 5.74) is 3.05. The quantitative estimate of drug-likeness (QED) is 0.482. The van der Waals surface area contributed by atoms with Crippen molar-refractivity contribution in [3.05, 3.63) is 102 Å². The van der Waals surface area contributed by atoms with Gasteiger partial charge in [-0.2, -0.15) is 0 Å². The first-order valence-corrected chi connectivity index (χ1v) is 9.56. The van der Waals surface area contributed by atoms with E-state index in [1.54, 1.807) is 0 Å². The Morgan fingerprint density at radius 1 is 0.828 bits per heavy atom. The number of ether oxygens (including phenoxy) is 2. The van der Waals surface area contributed by atoms with E-state index in [4.69, 9.17) is 14.6 Å².